The van der Waals surface area contributed by atoms with E-state index in [2.05, 4.69) is 31.1 Å². The maximum absolute atomic E-state index is 17.4. The van der Waals surface area contributed by atoms with Gasteiger partial charge in [-0.3, -0.25) is 15.0 Å². The van der Waals surface area contributed by atoms with Gasteiger partial charge in [0.05, 0.1) is 32.9 Å². The number of nitrogens with one attached hydrogen (secondary N) is 1. The number of aromatic nitrogens is 2. The SMILES string of the molecule is N#Cc1c(N)sc2c(F)ccc(-c3c(Cl)cc4c(N5CCCC6C5CCCN6C(=O)[C@@H]5N[C@H]5C5CC5)nc(OC[C@@]56CCCN5C[C@H](F)C6)nc4c3F)c12. The molecule has 1 saturated carbocycles. The Kier molecular flexibility index (Phi) is 8.22. The molecule has 0 bridgehead atoms. The van der Waals surface area contributed by atoms with Crippen molar-refractivity contribution in [1.29, 1.82) is 5.26 Å². The molecule has 15 heteroatoms. The number of anilines is 2. The third-order valence-corrected chi connectivity index (χ3v) is 14.2. The Bertz CT molecular complexity index is 2260. The van der Waals surface area contributed by atoms with Crippen LogP contribution < -0.4 is 20.7 Å². The van der Waals surface area contributed by atoms with E-state index in [9.17, 15) is 14.4 Å². The van der Waals surface area contributed by atoms with Crippen LogP contribution in [0, 0.1) is 28.9 Å². The van der Waals surface area contributed by atoms with Gasteiger partial charge >= 0.3 is 6.01 Å². The molecule has 54 heavy (non-hydrogen) atoms. The summed E-state index contributed by atoms with van der Waals surface area (Å²) in [6.07, 6.45) is 6.77. The highest BCUT2D eigenvalue weighted by Gasteiger charge is 2.54. The number of nitrogens with zero attached hydrogens (tertiary/aromatic N) is 6. The first-order chi connectivity index (χ1) is 26.2. The molecule has 10 rings (SSSR count). The van der Waals surface area contributed by atoms with E-state index in [1.165, 1.54) is 25.0 Å². The number of thiophene rings is 1. The molecule has 0 radical (unpaired) electrons. The summed E-state index contributed by atoms with van der Waals surface area (Å²) in [6, 6.07) is 6.33. The summed E-state index contributed by atoms with van der Waals surface area (Å²) in [5, 5.41) is 14.1. The quantitative estimate of drug-likeness (QED) is 0.200. The predicted octanol–water partition coefficient (Wildman–Crippen LogP) is 6.56. The Labute approximate surface area is 319 Å². The van der Waals surface area contributed by atoms with E-state index >= 15 is 8.78 Å². The molecule has 5 saturated heterocycles. The normalized spacial score (nSPS) is 29.4. The van der Waals surface area contributed by atoms with Crippen LogP contribution in [0.2, 0.25) is 5.02 Å². The van der Waals surface area contributed by atoms with E-state index in [0.717, 1.165) is 56.4 Å². The number of halogens is 4. The van der Waals surface area contributed by atoms with Gasteiger partial charge in [-0.1, -0.05) is 17.7 Å². The second-order valence-electron chi connectivity index (χ2n) is 16.0. The second kappa shape index (κ2) is 12.8. The zero-order chi connectivity index (χ0) is 37.0. The van der Waals surface area contributed by atoms with Crippen LogP contribution >= 0.6 is 22.9 Å². The number of amides is 1. The van der Waals surface area contributed by atoms with E-state index in [-0.39, 0.29) is 85.0 Å². The largest absolute Gasteiger partial charge is 0.461 e. The van der Waals surface area contributed by atoms with Crippen LogP contribution in [0.25, 0.3) is 32.1 Å². The first-order valence-electron chi connectivity index (χ1n) is 19.1. The summed E-state index contributed by atoms with van der Waals surface area (Å²) in [5.74, 6) is -0.115. The predicted molar refractivity (Wildman–Crippen MR) is 201 cm³/mol. The van der Waals surface area contributed by atoms with Gasteiger partial charge in [0, 0.05) is 48.4 Å². The Morgan fingerprint density at radius 1 is 1.13 bits per heavy atom. The summed E-state index contributed by atoms with van der Waals surface area (Å²) < 4.78 is 53.6. The van der Waals surface area contributed by atoms with Crippen molar-refractivity contribution in [2.45, 2.75) is 93.7 Å². The lowest BCUT2D eigenvalue weighted by Crippen LogP contribution is -2.61. The molecule has 5 aliphatic heterocycles. The van der Waals surface area contributed by atoms with Crippen molar-refractivity contribution in [3.05, 3.63) is 40.4 Å². The number of nitriles is 1. The summed E-state index contributed by atoms with van der Waals surface area (Å²) in [7, 11) is 0. The third-order valence-electron chi connectivity index (χ3n) is 12.9. The number of nitrogens with two attached hydrogens (primary N) is 1. The summed E-state index contributed by atoms with van der Waals surface area (Å²) in [6.45, 7) is 2.63. The zero-order valence-electron chi connectivity index (χ0n) is 29.6. The highest BCUT2D eigenvalue weighted by molar-refractivity contribution is 7.23. The number of hydrogen-bond donors (Lipinski definition) is 2. The molecule has 2 unspecified atom stereocenters. The molecule has 7 heterocycles. The first-order valence-corrected chi connectivity index (χ1v) is 20.3. The van der Waals surface area contributed by atoms with Crippen molar-refractivity contribution < 1.29 is 22.7 Å². The van der Waals surface area contributed by atoms with Gasteiger partial charge in [-0.25, -0.2) is 13.2 Å². The maximum Gasteiger partial charge on any atom is 0.319 e. The van der Waals surface area contributed by atoms with Crippen molar-refractivity contribution >= 4 is 60.7 Å². The van der Waals surface area contributed by atoms with Crippen molar-refractivity contribution in [1.82, 2.24) is 25.1 Å². The minimum Gasteiger partial charge on any atom is -0.461 e. The van der Waals surface area contributed by atoms with Crippen LogP contribution in [0.4, 0.5) is 24.0 Å². The van der Waals surface area contributed by atoms with Crippen molar-refractivity contribution in [2.24, 2.45) is 5.92 Å². The molecular weight excluding hydrogens is 737 g/mol. The van der Waals surface area contributed by atoms with Gasteiger partial charge in [-0.05, 0) is 81.5 Å². The monoisotopic (exact) mass is 776 g/mol. The van der Waals surface area contributed by atoms with Gasteiger partial charge in [0.2, 0.25) is 5.91 Å². The highest BCUT2D eigenvalue weighted by Crippen LogP contribution is 2.47. The Morgan fingerprint density at radius 3 is 2.76 bits per heavy atom. The van der Waals surface area contributed by atoms with Gasteiger partial charge in [0.15, 0.2) is 5.82 Å². The number of carbonyl (C=O) groups excluding carboxylic acids is 1. The Hall–Kier alpha value is -3.90. The average Bonchev–Trinajstić information content (AvgIpc) is 4.06. The molecule has 6 fully saturated rings. The Morgan fingerprint density at radius 2 is 1.94 bits per heavy atom. The number of likely N-dealkylation sites (tertiary alicyclic amines) is 1. The number of hydrogen-bond acceptors (Lipinski definition) is 10. The number of carbonyl (C=O) groups is 1. The standard InChI is InChI=1S/C39H40ClF3N8O2S/c40-24-14-22-32(30(43)29(24)21-8-9-25(42)34-28(21)23(16-44)35(45)54-34)47-38(53-18-39-10-3-11-49(39)17-20(41)15-39)48-36(22)50-12-1-5-27-26(50)4-2-13-51(27)37(52)33-31(46-33)19-6-7-19/h8-9,14,19-20,26-27,31,33,46H,1-7,10-13,15,17-18,45H2/t20-,26?,27?,31+,33-,39+/m1/s1. The lowest BCUT2D eigenvalue weighted by molar-refractivity contribution is -0.135. The average molecular weight is 777 g/mol. The molecule has 0 spiro atoms. The Balaban J connectivity index is 1.09. The minimum absolute atomic E-state index is 0.0322. The van der Waals surface area contributed by atoms with Gasteiger partial charge in [-0.2, -0.15) is 15.2 Å². The fourth-order valence-corrected chi connectivity index (χ4v) is 11.4. The van der Waals surface area contributed by atoms with Gasteiger partial charge in [0.25, 0.3) is 0 Å². The molecule has 282 valence electrons. The van der Waals surface area contributed by atoms with E-state index in [1.54, 1.807) is 6.07 Å². The van der Waals surface area contributed by atoms with E-state index < -0.39 is 23.3 Å². The van der Waals surface area contributed by atoms with Gasteiger partial charge < -0.3 is 20.3 Å². The molecule has 10 nitrogen and oxygen atoms in total. The summed E-state index contributed by atoms with van der Waals surface area (Å²) >= 11 is 7.92. The molecule has 4 aromatic rings. The third kappa shape index (κ3) is 5.44. The van der Waals surface area contributed by atoms with Crippen molar-refractivity contribution in [3.8, 4) is 23.2 Å². The van der Waals surface area contributed by atoms with Crippen LogP contribution in [0.3, 0.4) is 0 Å². The van der Waals surface area contributed by atoms with Crippen LogP contribution in [-0.4, -0.2) is 94.3 Å². The van der Waals surface area contributed by atoms with Crippen molar-refractivity contribution in [2.75, 3.05) is 43.4 Å². The second-order valence-corrected chi connectivity index (χ2v) is 17.5. The molecule has 3 N–H and O–H groups in total. The number of rotatable bonds is 7. The minimum atomic E-state index is -0.950. The fourth-order valence-electron chi connectivity index (χ4n) is 10.2. The molecular formula is C39H40ClF3N8O2S. The topological polar surface area (TPSA) is 134 Å². The number of benzene rings is 2. The molecule has 6 aliphatic rings. The number of fused-ring (bicyclic) bond motifs is 4. The van der Waals surface area contributed by atoms with Crippen LogP contribution in [0.1, 0.15) is 63.4 Å². The molecule has 1 amide bonds. The summed E-state index contributed by atoms with van der Waals surface area (Å²) in [4.78, 5) is 29.9. The smallest absolute Gasteiger partial charge is 0.319 e. The summed E-state index contributed by atoms with van der Waals surface area (Å²) in [5.41, 5.74) is 5.85. The van der Waals surface area contributed by atoms with Crippen molar-refractivity contribution in [3.63, 3.8) is 0 Å². The zero-order valence-corrected chi connectivity index (χ0v) is 31.2. The molecule has 2 aromatic carbocycles. The lowest BCUT2D eigenvalue weighted by Gasteiger charge is -2.50. The lowest BCUT2D eigenvalue weighted by atomic mass is 9.87. The van der Waals surface area contributed by atoms with Gasteiger partial charge in [0.1, 0.15) is 47.0 Å². The van der Waals surface area contributed by atoms with Crippen LogP contribution in [-0.2, 0) is 4.79 Å². The number of piperidine rings is 2. The number of alkyl halides is 1. The molecule has 1 aliphatic carbocycles. The molecule has 6 atom stereocenters. The van der Waals surface area contributed by atoms with Gasteiger partial charge in [-0.15, -0.1) is 11.3 Å². The molecule has 2 aromatic heterocycles. The van der Waals surface area contributed by atoms with E-state index in [0.29, 0.717) is 43.2 Å². The van der Waals surface area contributed by atoms with Crippen LogP contribution in [0.15, 0.2) is 18.2 Å². The number of nitrogen functional groups attached to an aromatic ring is 1. The van der Waals surface area contributed by atoms with Crippen LogP contribution in [0.5, 0.6) is 6.01 Å². The number of ether oxygens (including phenoxy) is 1. The van der Waals surface area contributed by atoms with E-state index in [4.69, 9.17) is 27.1 Å². The maximum atomic E-state index is 17.4. The first kappa shape index (κ1) is 34.6. The fraction of sp³-hybridized carbons (Fsp3) is 0.538. The highest BCUT2D eigenvalue weighted by atomic mass is 35.5. The van der Waals surface area contributed by atoms with E-state index in [1.807, 2.05) is 0 Å².